The molecular weight excluding hydrogens is 261 g/mol. The average molecular weight is 281 g/mol. The first-order valence-electron chi connectivity index (χ1n) is 6.84. The van der Waals surface area contributed by atoms with Crippen molar-refractivity contribution in [3.63, 3.8) is 0 Å². The number of carbonyl (C=O) groups is 1. The predicted octanol–water partition coefficient (Wildman–Crippen LogP) is 1.36. The smallest absolute Gasteiger partial charge is 0.321 e. The molecule has 0 atom stereocenters. The van der Waals surface area contributed by atoms with Crippen LogP contribution in [0.4, 0.5) is 14.9 Å². The van der Waals surface area contributed by atoms with Gasteiger partial charge in [-0.1, -0.05) is 6.07 Å². The van der Waals surface area contributed by atoms with E-state index in [9.17, 15) is 9.18 Å². The highest BCUT2D eigenvalue weighted by Gasteiger charge is 2.18. The van der Waals surface area contributed by atoms with E-state index in [0.29, 0.717) is 25.3 Å². The molecule has 6 heteroatoms. The normalized spacial score (nSPS) is 16.8. The van der Waals surface area contributed by atoms with Crippen molar-refractivity contribution >= 4 is 11.7 Å². The Morgan fingerprint density at radius 1 is 1.30 bits per heavy atom. The van der Waals surface area contributed by atoms with E-state index in [1.807, 2.05) is 0 Å². The number of benzene rings is 1. The molecule has 1 saturated heterocycles. The maximum absolute atomic E-state index is 13.1. The number of halogens is 1. The minimum absolute atomic E-state index is 0.134. The van der Waals surface area contributed by atoms with Crippen LogP contribution in [-0.2, 0) is 0 Å². The number of carbonyl (C=O) groups excluding carboxylic acids is 1. The number of anilines is 1. The van der Waals surface area contributed by atoms with Crippen molar-refractivity contribution in [2.45, 2.75) is 6.42 Å². The molecule has 0 aromatic heterocycles. The number of rotatable bonds is 3. The van der Waals surface area contributed by atoms with E-state index < -0.39 is 0 Å². The van der Waals surface area contributed by atoms with E-state index in [0.717, 1.165) is 19.5 Å². The van der Waals surface area contributed by atoms with Crippen molar-refractivity contribution in [1.82, 2.24) is 9.80 Å². The molecule has 1 aromatic carbocycles. The van der Waals surface area contributed by atoms with Crippen LogP contribution in [0.25, 0.3) is 0 Å². The standard InChI is InChI=1S/C14H20FN3O2/c15-12-3-1-4-13(11-12)16-14(20)18-6-2-5-17(7-8-18)9-10-19/h1,3-4,11,19H,2,5-10H2,(H,16,20). The molecule has 2 N–H and O–H groups in total. The number of hydrogen-bond donors (Lipinski definition) is 2. The Morgan fingerprint density at radius 3 is 2.90 bits per heavy atom. The van der Waals surface area contributed by atoms with Crippen molar-refractivity contribution < 1.29 is 14.3 Å². The Morgan fingerprint density at radius 2 is 2.15 bits per heavy atom. The summed E-state index contributed by atoms with van der Waals surface area (Å²) in [5, 5.41) is 11.6. The fraction of sp³-hybridized carbons (Fsp3) is 0.500. The van der Waals surface area contributed by atoms with Gasteiger partial charge < -0.3 is 15.3 Å². The third-order valence-electron chi connectivity index (χ3n) is 3.37. The van der Waals surface area contributed by atoms with Gasteiger partial charge in [0.1, 0.15) is 5.82 Å². The molecule has 2 amide bonds. The van der Waals surface area contributed by atoms with Gasteiger partial charge in [-0.15, -0.1) is 0 Å². The predicted molar refractivity (Wildman–Crippen MR) is 75.1 cm³/mol. The first kappa shape index (κ1) is 14.7. The molecule has 2 rings (SSSR count). The van der Waals surface area contributed by atoms with Crippen molar-refractivity contribution in [2.75, 3.05) is 44.6 Å². The highest BCUT2D eigenvalue weighted by atomic mass is 19.1. The zero-order valence-electron chi connectivity index (χ0n) is 11.4. The minimum Gasteiger partial charge on any atom is -0.395 e. The Labute approximate surface area is 118 Å². The van der Waals surface area contributed by atoms with E-state index >= 15 is 0 Å². The first-order chi connectivity index (χ1) is 9.69. The van der Waals surface area contributed by atoms with Gasteiger partial charge in [0.15, 0.2) is 0 Å². The van der Waals surface area contributed by atoms with Gasteiger partial charge in [0, 0.05) is 31.9 Å². The van der Waals surface area contributed by atoms with Crippen LogP contribution in [0.3, 0.4) is 0 Å². The number of aliphatic hydroxyl groups excluding tert-OH is 1. The van der Waals surface area contributed by atoms with Gasteiger partial charge in [-0.2, -0.15) is 0 Å². The van der Waals surface area contributed by atoms with Gasteiger partial charge in [0.05, 0.1) is 6.61 Å². The summed E-state index contributed by atoms with van der Waals surface area (Å²) in [5.41, 5.74) is 0.464. The average Bonchev–Trinajstić information content (AvgIpc) is 2.65. The highest BCUT2D eigenvalue weighted by Crippen LogP contribution is 2.11. The summed E-state index contributed by atoms with van der Waals surface area (Å²) >= 11 is 0. The number of hydrogen-bond acceptors (Lipinski definition) is 3. The van der Waals surface area contributed by atoms with E-state index in [2.05, 4.69) is 10.2 Å². The summed E-state index contributed by atoms with van der Waals surface area (Å²) < 4.78 is 13.1. The van der Waals surface area contributed by atoms with Crippen molar-refractivity contribution in [3.05, 3.63) is 30.1 Å². The Balaban J connectivity index is 1.89. The zero-order chi connectivity index (χ0) is 14.4. The van der Waals surface area contributed by atoms with E-state index in [1.165, 1.54) is 12.1 Å². The summed E-state index contributed by atoms with van der Waals surface area (Å²) in [5.74, 6) is -0.368. The molecule has 1 aliphatic rings. The van der Waals surface area contributed by atoms with Crippen LogP contribution in [-0.4, -0.2) is 60.3 Å². The summed E-state index contributed by atoms with van der Waals surface area (Å²) in [6, 6.07) is 5.66. The number of amides is 2. The Bertz CT molecular complexity index is 456. The molecule has 20 heavy (non-hydrogen) atoms. The van der Waals surface area contributed by atoms with Crippen molar-refractivity contribution in [1.29, 1.82) is 0 Å². The lowest BCUT2D eigenvalue weighted by Gasteiger charge is -2.21. The molecule has 1 fully saturated rings. The molecule has 0 spiro atoms. The van der Waals surface area contributed by atoms with E-state index in [-0.39, 0.29) is 18.5 Å². The molecule has 1 aromatic rings. The van der Waals surface area contributed by atoms with Crippen LogP contribution in [0.1, 0.15) is 6.42 Å². The van der Waals surface area contributed by atoms with E-state index in [4.69, 9.17) is 5.11 Å². The maximum atomic E-state index is 13.1. The fourth-order valence-corrected chi connectivity index (χ4v) is 2.31. The number of nitrogens with zero attached hydrogens (tertiary/aromatic N) is 2. The van der Waals surface area contributed by atoms with Crippen LogP contribution in [0, 0.1) is 5.82 Å². The van der Waals surface area contributed by atoms with Crippen LogP contribution >= 0.6 is 0 Å². The van der Waals surface area contributed by atoms with Crippen LogP contribution < -0.4 is 5.32 Å². The number of urea groups is 1. The molecule has 0 unspecified atom stereocenters. The highest BCUT2D eigenvalue weighted by molar-refractivity contribution is 5.89. The minimum atomic E-state index is -0.368. The largest absolute Gasteiger partial charge is 0.395 e. The summed E-state index contributed by atoms with van der Waals surface area (Å²) in [7, 11) is 0. The SMILES string of the molecule is O=C(Nc1cccc(F)c1)N1CCCN(CCO)CC1. The Kier molecular flexibility index (Phi) is 5.31. The van der Waals surface area contributed by atoms with Gasteiger partial charge in [-0.25, -0.2) is 9.18 Å². The van der Waals surface area contributed by atoms with Gasteiger partial charge in [-0.05, 0) is 31.2 Å². The summed E-state index contributed by atoms with van der Waals surface area (Å²) in [6.45, 7) is 3.68. The topological polar surface area (TPSA) is 55.8 Å². The van der Waals surface area contributed by atoms with Gasteiger partial charge >= 0.3 is 6.03 Å². The van der Waals surface area contributed by atoms with E-state index in [1.54, 1.807) is 17.0 Å². The summed E-state index contributed by atoms with van der Waals surface area (Å²) in [4.78, 5) is 16.0. The third kappa shape index (κ3) is 4.18. The Hall–Kier alpha value is -1.66. The van der Waals surface area contributed by atoms with Crippen molar-refractivity contribution in [3.8, 4) is 0 Å². The molecule has 0 bridgehead atoms. The third-order valence-corrected chi connectivity index (χ3v) is 3.37. The van der Waals surface area contributed by atoms with Crippen LogP contribution in [0.2, 0.25) is 0 Å². The maximum Gasteiger partial charge on any atom is 0.321 e. The monoisotopic (exact) mass is 281 g/mol. The van der Waals surface area contributed by atoms with Gasteiger partial charge in [0.2, 0.25) is 0 Å². The van der Waals surface area contributed by atoms with Crippen LogP contribution in [0.5, 0.6) is 0 Å². The molecule has 5 nitrogen and oxygen atoms in total. The number of nitrogens with one attached hydrogen (secondary N) is 1. The summed E-state index contributed by atoms with van der Waals surface area (Å²) in [6.07, 6.45) is 0.872. The molecule has 1 heterocycles. The number of aliphatic hydroxyl groups is 1. The molecule has 0 radical (unpaired) electrons. The molecular formula is C14H20FN3O2. The lowest BCUT2D eigenvalue weighted by Crippen LogP contribution is -2.38. The van der Waals surface area contributed by atoms with Crippen LogP contribution in [0.15, 0.2) is 24.3 Å². The first-order valence-corrected chi connectivity index (χ1v) is 6.84. The fourth-order valence-electron chi connectivity index (χ4n) is 2.31. The lowest BCUT2D eigenvalue weighted by atomic mass is 10.3. The second-order valence-electron chi connectivity index (χ2n) is 4.85. The molecule has 0 saturated carbocycles. The van der Waals surface area contributed by atoms with Crippen molar-refractivity contribution in [2.24, 2.45) is 0 Å². The number of β-amino-alcohol motifs (C(OH)–C–C–N with tert-alkyl or cyclic N) is 1. The quantitative estimate of drug-likeness (QED) is 0.879. The van der Waals surface area contributed by atoms with Gasteiger partial charge in [0.25, 0.3) is 0 Å². The zero-order valence-corrected chi connectivity index (χ0v) is 11.4. The molecule has 110 valence electrons. The molecule has 0 aliphatic carbocycles. The molecule has 1 aliphatic heterocycles. The van der Waals surface area contributed by atoms with Gasteiger partial charge in [-0.3, -0.25) is 4.90 Å². The second kappa shape index (κ2) is 7.21. The lowest BCUT2D eigenvalue weighted by molar-refractivity contribution is 0.194. The second-order valence-corrected chi connectivity index (χ2v) is 4.85.